The van der Waals surface area contributed by atoms with E-state index >= 15 is 0 Å². The Balaban J connectivity index is 2.37. The topological polar surface area (TPSA) is 72.7 Å². The van der Waals surface area contributed by atoms with E-state index in [0.29, 0.717) is 18.5 Å². The van der Waals surface area contributed by atoms with Crippen LogP contribution in [0.5, 0.6) is 0 Å². The number of H-pyrrole nitrogens is 1. The Labute approximate surface area is 121 Å². The van der Waals surface area contributed by atoms with Gasteiger partial charge in [0, 0.05) is 31.9 Å². The fourth-order valence-electron chi connectivity index (χ4n) is 2.14. The third-order valence-corrected chi connectivity index (χ3v) is 3.56. The predicted octanol–water partition coefficient (Wildman–Crippen LogP) is 1.29. The Morgan fingerprint density at radius 2 is 2.10 bits per heavy atom. The third kappa shape index (κ3) is 2.70. The van der Waals surface area contributed by atoms with Gasteiger partial charge in [0.1, 0.15) is 5.15 Å². The summed E-state index contributed by atoms with van der Waals surface area (Å²) in [7, 11) is 1.82. The smallest absolute Gasteiger partial charge is 0.297 e. The predicted molar refractivity (Wildman–Crippen MR) is 77.3 cm³/mol. The number of nitrogens with zero attached hydrogens (tertiary/aromatic N) is 3. The highest BCUT2D eigenvalue weighted by atomic mass is 35.5. The van der Waals surface area contributed by atoms with Gasteiger partial charge in [-0.05, 0) is 12.0 Å². The molecule has 2 rings (SSSR count). The van der Waals surface area contributed by atoms with Gasteiger partial charge in [0.25, 0.3) is 5.56 Å². The van der Waals surface area contributed by atoms with Gasteiger partial charge in [0.2, 0.25) is 0 Å². The number of hydrogen-bond donors (Lipinski definition) is 1. The van der Waals surface area contributed by atoms with E-state index in [2.05, 4.69) is 10.1 Å². The minimum absolute atomic E-state index is 0.0465. The molecule has 0 radical (unpaired) electrons. The molecule has 7 heteroatoms. The maximum Gasteiger partial charge on any atom is 0.329 e. The van der Waals surface area contributed by atoms with Crippen molar-refractivity contribution in [2.45, 2.75) is 32.7 Å². The minimum atomic E-state index is -0.480. The average Bonchev–Trinajstić information content (AvgIpc) is 2.73. The first kappa shape index (κ1) is 14.6. The third-order valence-electron chi connectivity index (χ3n) is 3.27. The second kappa shape index (κ2) is 5.66. The molecule has 0 saturated carbocycles. The highest BCUT2D eigenvalue weighted by molar-refractivity contribution is 6.30. The molecule has 0 bridgehead atoms. The summed E-state index contributed by atoms with van der Waals surface area (Å²) in [5.41, 5.74) is 0.594. The molecule has 0 aliphatic heterocycles. The first-order chi connectivity index (χ1) is 9.41. The van der Waals surface area contributed by atoms with Crippen LogP contribution in [-0.4, -0.2) is 19.3 Å². The van der Waals surface area contributed by atoms with Crippen molar-refractivity contribution in [3.05, 3.63) is 49.5 Å². The minimum Gasteiger partial charge on any atom is -0.297 e. The SMILES string of the molecule is CC(C)c1c(Cl)[nH]c(=O)n(CCc2ccnn2C)c1=O. The van der Waals surface area contributed by atoms with Gasteiger partial charge in [0.15, 0.2) is 0 Å². The lowest BCUT2D eigenvalue weighted by molar-refractivity contribution is 0.586. The summed E-state index contributed by atoms with van der Waals surface area (Å²) in [5, 5.41) is 4.19. The molecule has 0 fully saturated rings. The quantitative estimate of drug-likeness (QED) is 0.864. The Bertz CT molecular complexity index is 727. The van der Waals surface area contributed by atoms with Gasteiger partial charge in [-0.1, -0.05) is 25.4 Å². The molecule has 0 aliphatic rings. The van der Waals surface area contributed by atoms with Crippen molar-refractivity contribution in [2.24, 2.45) is 7.05 Å². The monoisotopic (exact) mass is 296 g/mol. The Morgan fingerprint density at radius 1 is 1.40 bits per heavy atom. The number of aromatic nitrogens is 4. The van der Waals surface area contributed by atoms with Crippen molar-refractivity contribution in [2.75, 3.05) is 0 Å². The van der Waals surface area contributed by atoms with Gasteiger partial charge < -0.3 is 0 Å². The van der Waals surface area contributed by atoms with Gasteiger partial charge >= 0.3 is 5.69 Å². The molecule has 108 valence electrons. The summed E-state index contributed by atoms with van der Waals surface area (Å²) >= 11 is 5.94. The van der Waals surface area contributed by atoms with Crippen molar-refractivity contribution >= 4 is 11.6 Å². The molecule has 0 amide bonds. The number of halogens is 1. The molecule has 0 unspecified atom stereocenters. The molecule has 2 aromatic rings. The summed E-state index contributed by atoms with van der Waals surface area (Å²) in [5.74, 6) is -0.0465. The van der Waals surface area contributed by atoms with Crippen LogP contribution >= 0.6 is 11.6 Å². The van der Waals surface area contributed by atoms with E-state index in [1.165, 1.54) is 4.57 Å². The number of aromatic amines is 1. The maximum absolute atomic E-state index is 12.3. The van der Waals surface area contributed by atoms with Crippen LogP contribution in [0.4, 0.5) is 0 Å². The second-order valence-electron chi connectivity index (χ2n) is 4.97. The van der Waals surface area contributed by atoms with E-state index in [1.807, 2.05) is 27.0 Å². The Morgan fingerprint density at radius 3 is 2.65 bits per heavy atom. The fourth-order valence-corrected chi connectivity index (χ4v) is 2.52. The summed E-state index contributed by atoms with van der Waals surface area (Å²) in [6.07, 6.45) is 2.24. The standard InChI is InChI=1S/C13H17ClN4O2/c1-8(2)10-11(14)16-13(20)18(12(10)19)7-5-9-4-6-15-17(9)3/h4,6,8H,5,7H2,1-3H3,(H,16,20). The van der Waals surface area contributed by atoms with Crippen LogP contribution in [0.1, 0.15) is 31.0 Å². The fraction of sp³-hybridized carbons (Fsp3) is 0.462. The molecule has 1 N–H and O–H groups in total. The lowest BCUT2D eigenvalue weighted by Crippen LogP contribution is -2.38. The molecule has 20 heavy (non-hydrogen) atoms. The summed E-state index contributed by atoms with van der Waals surface area (Å²) in [6, 6.07) is 1.86. The number of hydrogen-bond acceptors (Lipinski definition) is 3. The van der Waals surface area contributed by atoms with Gasteiger partial charge in [-0.15, -0.1) is 0 Å². The van der Waals surface area contributed by atoms with Gasteiger partial charge in [-0.3, -0.25) is 19.0 Å². The van der Waals surface area contributed by atoms with E-state index in [1.54, 1.807) is 10.9 Å². The van der Waals surface area contributed by atoms with Gasteiger partial charge in [-0.25, -0.2) is 4.79 Å². The highest BCUT2D eigenvalue weighted by Crippen LogP contribution is 2.16. The zero-order valence-corrected chi connectivity index (χ0v) is 12.4. The molecule has 6 nitrogen and oxygen atoms in total. The van der Waals surface area contributed by atoms with Crippen LogP contribution in [0.25, 0.3) is 0 Å². The van der Waals surface area contributed by atoms with E-state index in [-0.39, 0.29) is 16.6 Å². The largest absolute Gasteiger partial charge is 0.329 e. The van der Waals surface area contributed by atoms with Crippen molar-refractivity contribution < 1.29 is 0 Å². The first-order valence-corrected chi connectivity index (χ1v) is 6.79. The van der Waals surface area contributed by atoms with Crippen LogP contribution < -0.4 is 11.2 Å². The first-order valence-electron chi connectivity index (χ1n) is 6.41. The molecule has 2 aromatic heterocycles. The van der Waals surface area contributed by atoms with E-state index in [4.69, 9.17) is 11.6 Å². The molecule has 2 heterocycles. The molecule has 0 atom stereocenters. The number of rotatable bonds is 4. The molecule has 0 aromatic carbocycles. The summed E-state index contributed by atoms with van der Waals surface area (Å²) in [4.78, 5) is 26.7. The van der Waals surface area contributed by atoms with Crippen LogP contribution in [0.2, 0.25) is 5.15 Å². The van der Waals surface area contributed by atoms with Crippen molar-refractivity contribution in [3.63, 3.8) is 0 Å². The van der Waals surface area contributed by atoms with Crippen molar-refractivity contribution in [1.82, 2.24) is 19.3 Å². The van der Waals surface area contributed by atoms with Gasteiger partial charge in [0.05, 0.1) is 5.56 Å². The number of nitrogens with one attached hydrogen (secondary N) is 1. The van der Waals surface area contributed by atoms with E-state index < -0.39 is 5.69 Å². The highest BCUT2D eigenvalue weighted by Gasteiger charge is 2.15. The van der Waals surface area contributed by atoms with E-state index in [0.717, 1.165) is 5.69 Å². The lowest BCUT2D eigenvalue weighted by atomic mass is 10.1. The van der Waals surface area contributed by atoms with Crippen molar-refractivity contribution in [1.29, 1.82) is 0 Å². The Hall–Kier alpha value is -1.82. The number of aryl methyl sites for hydroxylation is 2. The van der Waals surface area contributed by atoms with Crippen LogP contribution in [0.15, 0.2) is 21.9 Å². The maximum atomic E-state index is 12.3. The molecule has 0 spiro atoms. The average molecular weight is 297 g/mol. The summed E-state index contributed by atoms with van der Waals surface area (Å²) in [6.45, 7) is 4.03. The van der Waals surface area contributed by atoms with Crippen LogP contribution in [-0.2, 0) is 20.0 Å². The van der Waals surface area contributed by atoms with Gasteiger partial charge in [-0.2, -0.15) is 5.10 Å². The normalized spacial score (nSPS) is 11.2. The zero-order chi connectivity index (χ0) is 14.9. The molecular formula is C13H17ClN4O2. The Kier molecular flexibility index (Phi) is 4.13. The second-order valence-corrected chi connectivity index (χ2v) is 5.34. The van der Waals surface area contributed by atoms with Crippen molar-refractivity contribution in [3.8, 4) is 0 Å². The van der Waals surface area contributed by atoms with Crippen LogP contribution in [0.3, 0.4) is 0 Å². The zero-order valence-electron chi connectivity index (χ0n) is 11.7. The summed E-state index contributed by atoms with van der Waals surface area (Å²) < 4.78 is 2.91. The van der Waals surface area contributed by atoms with E-state index in [9.17, 15) is 9.59 Å². The molecular weight excluding hydrogens is 280 g/mol. The lowest BCUT2D eigenvalue weighted by Gasteiger charge is -2.11. The molecule has 0 saturated heterocycles. The van der Waals surface area contributed by atoms with Crippen LogP contribution in [0, 0.1) is 0 Å². The molecule has 0 aliphatic carbocycles.